The molecule has 3 heterocycles. The summed E-state index contributed by atoms with van der Waals surface area (Å²) in [5, 5.41) is 3.47. The zero-order chi connectivity index (χ0) is 28.5. The summed E-state index contributed by atoms with van der Waals surface area (Å²) in [6, 6.07) is 10.7. The fourth-order valence-electron chi connectivity index (χ4n) is 5.34. The highest BCUT2D eigenvalue weighted by molar-refractivity contribution is 7.93. The maximum atomic E-state index is 13.6. The van der Waals surface area contributed by atoms with Crippen molar-refractivity contribution in [1.82, 2.24) is 10.2 Å². The number of carbonyl (C=O) groups excluding carboxylic acids is 4. The van der Waals surface area contributed by atoms with Crippen LogP contribution in [0.3, 0.4) is 0 Å². The fraction of sp³-hybridized carbons (Fsp3) is 0.407. The number of methoxy groups -OCH3 is 1. The minimum Gasteiger partial charge on any atom is -0.496 e. The van der Waals surface area contributed by atoms with Crippen LogP contribution < -0.4 is 10.1 Å². The van der Waals surface area contributed by atoms with Gasteiger partial charge in [0, 0.05) is 48.3 Å². The number of hydrogen-bond acceptors (Lipinski definition) is 7. The molecule has 3 aliphatic rings. The van der Waals surface area contributed by atoms with Gasteiger partial charge in [-0.15, -0.1) is 0 Å². The number of β-lactam (4-membered cyclic amide) rings is 1. The number of hydrogen-bond donors (Lipinski definition) is 1. The second kappa shape index (κ2) is 11.3. The summed E-state index contributed by atoms with van der Waals surface area (Å²) < 4.78 is 32.5. The summed E-state index contributed by atoms with van der Waals surface area (Å²) in [5.41, 5.74) is 0.685. The molecule has 2 aromatic rings. The van der Waals surface area contributed by atoms with Crippen molar-refractivity contribution in [3.8, 4) is 5.75 Å². The summed E-state index contributed by atoms with van der Waals surface area (Å²) in [5.74, 6) is -1.73. The number of ketones is 2. The minimum atomic E-state index is -4.16. The molecule has 0 radical (unpaired) electrons. The van der Waals surface area contributed by atoms with E-state index in [4.69, 9.17) is 27.9 Å². The van der Waals surface area contributed by atoms with Crippen LogP contribution >= 0.6 is 23.2 Å². The summed E-state index contributed by atoms with van der Waals surface area (Å²) in [6.45, 7) is 2.05. The molecule has 0 saturated carbocycles. The normalized spacial score (nSPS) is 24.7. The number of halogens is 2. The Kier molecular flexibility index (Phi) is 8.39. The van der Waals surface area contributed by atoms with E-state index < -0.39 is 32.3 Å². The lowest BCUT2D eigenvalue weighted by atomic mass is 9.85. The monoisotopic (exact) mass is 594 g/mol. The number of amides is 2. The third kappa shape index (κ3) is 5.17. The number of Topliss-reactive ketones (excluding diaryl/α,β-unsaturated/α-hetero) is 2. The number of benzene rings is 2. The number of sulfone groups is 1. The first-order valence-electron chi connectivity index (χ1n) is 12.4. The van der Waals surface area contributed by atoms with Crippen LogP contribution in [0.1, 0.15) is 31.7 Å². The van der Waals surface area contributed by atoms with Crippen LogP contribution in [0.2, 0.25) is 10.0 Å². The predicted molar refractivity (Wildman–Crippen MR) is 144 cm³/mol. The van der Waals surface area contributed by atoms with Crippen LogP contribution in [0.5, 0.6) is 5.75 Å². The highest BCUT2D eigenvalue weighted by Crippen LogP contribution is 2.52. The molecule has 12 heteroatoms. The van der Waals surface area contributed by atoms with E-state index in [-0.39, 0.29) is 35.5 Å². The Hall–Kier alpha value is -2.95. The molecule has 1 N–H and O–H groups in total. The number of nitrogens with one attached hydrogen (secondary N) is 1. The Bertz CT molecular complexity index is 1410. The topological polar surface area (TPSA) is 127 Å². The third-order valence-electron chi connectivity index (χ3n) is 7.35. The van der Waals surface area contributed by atoms with E-state index >= 15 is 0 Å². The Morgan fingerprint density at radius 2 is 1.67 bits per heavy atom. The molecule has 0 aliphatic carbocycles. The van der Waals surface area contributed by atoms with E-state index in [2.05, 4.69) is 5.32 Å². The van der Waals surface area contributed by atoms with Crippen molar-refractivity contribution in [3.05, 3.63) is 58.1 Å². The Morgan fingerprint density at radius 1 is 1.00 bits per heavy atom. The van der Waals surface area contributed by atoms with Crippen LogP contribution in [-0.2, 0) is 35.4 Å². The molecule has 39 heavy (non-hydrogen) atoms. The second-order valence-corrected chi connectivity index (χ2v) is 12.7. The van der Waals surface area contributed by atoms with Gasteiger partial charge in [-0.1, -0.05) is 23.2 Å². The number of carbonyl (C=O) groups is 4. The van der Waals surface area contributed by atoms with Crippen molar-refractivity contribution in [1.29, 1.82) is 0 Å². The lowest BCUT2D eigenvalue weighted by Gasteiger charge is -2.49. The van der Waals surface area contributed by atoms with Gasteiger partial charge >= 0.3 is 0 Å². The maximum Gasteiger partial charge on any atom is 0.231 e. The van der Waals surface area contributed by atoms with E-state index in [0.717, 1.165) is 0 Å². The second-order valence-electron chi connectivity index (χ2n) is 9.68. The summed E-state index contributed by atoms with van der Waals surface area (Å²) >= 11 is 12.0. The van der Waals surface area contributed by atoms with Gasteiger partial charge in [0.25, 0.3) is 0 Å². The quantitative estimate of drug-likeness (QED) is 0.526. The lowest BCUT2D eigenvalue weighted by Crippen LogP contribution is -2.73. The largest absolute Gasteiger partial charge is 0.496 e. The smallest absolute Gasteiger partial charge is 0.231 e. The van der Waals surface area contributed by atoms with Crippen molar-refractivity contribution in [2.45, 2.75) is 42.4 Å². The molecule has 2 aromatic carbocycles. The van der Waals surface area contributed by atoms with Crippen LogP contribution in [-0.4, -0.2) is 61.8 Å². The molecule has 9 nitrogen and oxygen atoms in total. The molecule has 0 bridgehead atoms. The Labute approximate surface area is 236 Å². The first kappa shape index (κ1) is 29.0. The number of fused-ring (bicyclic) bond motifs is 1. The fourth-order valence-corrected chi connectivity index (χ4v) is 7.97. The highest BCUT2D eigenvalue weighted by Gasteiger charge is 2.75. The average molecular weight is 596 g/mol. The molecule has 0 aromatic heterocycles. The van der Waals surface area contributed by atoms with Gasteiger partial charge in [-0.25, -0.2) is 8.42 Å². The van der Waals surface area contributed by atoms with Crippen LogP contribution in [0.15, 0.2) is 47.4 Å². The maximum absolute atomic E-state index is 13.6. The first-order valence-corrected chi connectivity index (χ1v) is 14.6. The van der Waals surface area contributed by atoms with Crippen molar-refractivity contribution in [3.63, 3.8) is 0 Å². The lowest BCUT2D eigenvalue weighted by molar-refractivity contribution is -0.159. The molecule has 5 rings (SSSR count). The molecule has 208 valence electrons. The average Bonchev–Trinajstić information content (AvgIpc) is 3.02. The van der Waals surface area contributed by atoms with Gasteiger partial charge in [0.1, 0.15) is 11.5 Å². The predicted octanol–water partition coefficient (Wildman–Crippen LogP) is 3.25. The summed E-state index contributed by atoms with van der Waals surface area (Å²) in [6.07, 6.45) is 1.52. The number of nitrogens with zero attached hydrogens (tertiary/aromatic N) is 1. The number of rotatable bonds is 5. The van der Waals surface area contributed by atoms with Crippen molar-refractivity contribution < 1.29 is 32.3 Å². The van der Waals surface area contributed by atoms with E-state index in [1.165, 1.54) is 43.2 Å². The first-order chi connectivity index (χ1) is 18.4. The zero-order valence-corrected chi connectivity index (χ0v) is 23.7. The van der Waals surface area contributed by atoms with Crippen molar-refractivity contribution in [2.75, 3.05) is 20.2 Å². The van der Waals surface area contributed by atoms with Crippen LogP contribution in [0, 0.1) is 11.8 Å². The summed E-state index contributed by atoms with van der Waals surface area (Å²) in [4.78, 5) is 46.6. The van der Waals surface area contributed by atoms with Gasteiger partial charge in [-0.05, 0) is 61.4 Å². The summed E-state index contributed by atoms with van der Waals surface area (Å²) in [7, 11) is -2.65. The molecule has 3 fully saturated rings. The molecule has 3 saturated heterocycles. The van der Waals surface area contributed by atoms with Gasteiger partial charge in [0.05, 0.1) is 17.9 Å². The van der Waals surface area contributed by atoms with E-state index in [9.17, 15) is 27.6 Å². The molecule has 3 aliphatic heterocycles. The molecule has 1 unspecified atom stereocenters. The number of ether oxygens (including phenoxy) is 1. The van der Waals surface area contributed by atoms with Crippen LogP contribution in [0.4, 0.5) is 0 Å². The molecular weight excluding hydrogens is 567 g/mol. The van der Waals surface area contributed by atoms with E-state index in [1.807, 2.05) is 0 Å². The molecule has 0 spiro atoms. The van der Waals surface area contributed by atoms with Crippen LogP contribution in [0.25, 0.3) is 0 Å². The minimum absolute atomic E-state index is 0.000787. The van der Waals surface area contributed by atoms with Gasteiger partial charge in [0.15, 0.2) is 5.78 Å². The van der Waals surface area contributed by atoms with Crippen molar-refractivity contribution >= 4 is 56.4 Å². The highest BCUT2D eigenvalue weighted by atomic mass is 35.5. The molecule has 2 amide bonds. The molecular formula is C27H28Cl2N2O7S. The Balaban J connectivity index is 0.000000333. The third-order valence-corrected chi connectivity index (χ3v) is 10.3. The van der Waals surface area contributed by atoms with E-state index in [0.29, 0.717) is 47.2 Å². The standard InChI is InChI=1S/C21H19Cl2NO5S.C6H9NO2/c1-12-20(26)24-11-14(9-13-10-16(23)5-8-18(13)29-2)19(25)21(12,24)30(27,28)17-6-3-15(22)4-7-17;8-5-1-2-6(9)7-4-3-5/h3-8,10,12,14H,9,11H2,1-2H3;1-4H2,(H,7,9)/t12-,14+,21?;/m0./s1. The van der Waals surface area contributed by atoms with E-state index in [1.54, 1.807) is 18.2 Å². The van der Waals surface area contributed by atoms with Gasteiger partial charge in [-0.2, -0.15) is 0 Å². The Morgan fingerprint density at radius 3 is 2.33 bits per heavy atom. The van der Waals surface area contributed by atoms with Gasteiger partial charge < -0.3 is 15.0 Å². The van der Waals surface area contributed by atoms with Gasteiger partial charge in [-0.3, -0.25) is 19.2 Å². The SMILES string of the molecule is COc1ccc(Cl)cc1C[C@@H]1CN2C(=O)[C@H](C)C2(S(=O)(=O)c2ccc(Cl)cc2)C1=O.O=C1CCNC(=O)CC1. The van der Waals surface area contributed by atoms with Crippen molar-refractivity contribution in [2.24, 2.45) is 11.8 Å². The zero-order valence-electron chi connectivity index (χ0n) is 21.4. The van der Waals surface area contributed by atoms with Gasteiger partial charge in [0.2, 0.25) is 26.5 Å². The molecule has 3 atom stereocenters.